The second kappa shape index (κ2) is 12.1. The molecule has 266 valence electrons. The molecular weight excluding hydrogens is 699 g/mol. The Hall–Kier alpha value is -5.94. The highest BCUT2D eigenvalue weighted by Gasteiger charge is 2.62. The minimum Gasteiger partial charge on any atom is -0.378 e. The molecule has 3 unspecified atom stereocenters. The van der Waals surface area contributed by atoms with Crippen LogP contribution in [-0.2, 0) is 29.9 Å². The zero-order valence-corrected chi connectivity index (χ0v) is 26.9. The van der Waals surface area contributed by atoms with Crippen molar-refractivity contribution in [2.75, 3.05) is 0 Å². The van der Waals surface area contributed by atoms with E-state index in [1.54, 1.807) is 6.07 Å². The summed E-state index contributed by atoms with van der Waals surface area (Å²) in [4.78, 5) is 30.7. The van der Waals surface area contributed by atoms with E-state index in [9.17, 15) is 36.6 Å². The Morgan fingerprint density at radius 2 is 1.85 bits per heavy atom. The summed E-state index contributed by atoms with van der Waals surface area (Å²) in [6.07, 6.45) is -4.08. The van der Waals surface area contributed by atoms with E-state index in [2.05, 4.69) is 49.3 Å². The molecule has 0 aliphatic heterocycles. The lowest BCUT2D eigenvalue weighted by Crippen LogP contribution is -2.36. The van der Waals surface area contributed by atoms with Crippen LogP contribution in [0.15, 0.2) is 53.5 Å². The number of carbonyl (C=O) groups excluding carboxylic acids is 1. The molecule has 0 saturated heterocycles. The first-order chi connectivity index (χ1) is 24.4. The first-order valence-corrected chi connectivity index (χ1v) is 15.5. The Morgan fingerprint density at radius 3 is 2.50 bits per heavy atom. The molecule has 4 aromatic heterocycles. The Morgan fingerprint density at radius 1 is 1.12 bits per heavy atom. The smallest absolute Gasteiger partial charge is 0.378 e. The van der Waals surface area contributed by atoms with Crippen LogP contribution in [0, 0.1) is 41.2 Å². The van der Waals surface area contributed by atoms with Crippen LogP contribution in [0.1, 0.15) is 59.7 Å². The molecule has 5 aromatic rings. The van der Waals surface area contributed by atoms with Crippen molar-refractivity contribution < 1.29 is 40.6 Å². The number of nitrogens with one attached hydrogen (secondary N) is 2. The molecule has 0 saturated carbocycles. The number of halogens is 7. The van der Waals surface area contributed by atoms with Gasteiger partial charge in [0, 0.05) is 29.0 Å². The lowest BCUT2D eigenvalue weighted by molar-refractivity contribution is -0.142. The zero-order valence-electron chi connectivity index (χ0n) is 26.9. The van der Waals surface area contributed by atoms with Gasteiger partial charge in [-0.25, -0.2) is 28.1 Å². The summed E-state index contributed by atoms with van der Waals surface area (Å²) in [7, 11) is 0. The number of rotatable bonds is 7. The van der Waals surface area contributed by atoms with Gasteiger partial charge in [-0.3, -0.25) is 9.48 Å². The molecule has 4 heterocycles. The number of hydrogen-bond donors (Lipinski definition) is 3. The Balaban J connectivity index is 1.34. The summed E-state index contributed by atoms with van der Waals surface area (Å²) < 4.78 is 103. The molecule has 3 atom stereocenters. The van der Waals surface area contributed by atoms with Crippen molar-refractivity contribution in [3.63, 3.8) is 0 Å². The van der Waals surface area contributed by atoms with E-state index in [0.29, 0.717) is 16.3 Å². The van der Waals surface area contributed by atoms with Crippen LogP contribution in [0.25, 0.3) is 16.8 Å². The van der Waals surface area contributed by atoms with Gasteiger partial charge in [0.25, 0.3) is 0 Å². The van der Waals surface area contributed by atoms with Crippen LogP contribution in [0.2, 0.25) is 0 Å². The molecule has 2 aliphatic rings. The quantitative estimate of drug-likeness (QED) is 0.166. The number of benzene rings is 1. The van der Waals surface area contributed by atoms with E-state index in [4.69, 9.17) is 0 Å². The predicted octanol–water partition coefficient (Wildman–Crippen LogP) is 4.62. The number of nitrogens with zero attached hydrogens (tertiary/aromatic N) is 5. The fraction of sp³-hybridized carbons (Fsp3) is 0.286. The standard InChI is InChI=1S/C35H24F7N7O3/c1-33(2,52)10-9-21-4-5-22(18-3-8-26-45-46-32(51)48(26)15-18)29(43-21)25(13-17-11-19(36)14-20(37)12-17)44-27(50)16-49-31-28(30(47-49)35(40,41)42)23-6-7-24(23)34(31,38)39/h3-5,8,11-12,14-15,23-25,52H,13,16H2,1-2H3,(H,44,50)(H,46,51). The van der Waals surface area contributed by atoms with Crippen molar-refractivity contribution in [2.45, 2.75) is 56.5 Å². The molecule has 17 heteroatoms. The number of hydrogen-bond acceptors (Lipinski definition) is 6. The van der Waals surface area contributed by atoms with Gasteiger partial charge < -0.3 is 10.4 Å². The number of carbonyl (C=O) groups is 1. The van der Waals surface area contributed by atoms with Crippen LogP contribution in [-0.4, -0.2) is 46.0 Å². The highest BCUT2D eigenvalue weighted by atomic mass is 19.4. The summed E-state index contributed by atoms with van der Waals surface area (Å²) >= 11 is 0. The molecular formula is C35H24F7N7O3. The zero-order chi connectivity index (χ0) is 37.3. The average Bonchev–Trinajstić information content (AvgIpc) is 3.62. The van der Waals surface area contributed by atoms with Crippen molar-refractivity contribution >= 4 is 11.6 Å². The molecule has 3 N–H and O–H groups in total. The maximum absolute atomic E-state index is 15.4. The summed E-state index contributed by atoms with van der Waals surface area (Å²) in [5.74, 6) is -0.0942. The maximum atomic E-state index is 15.4. The highest BCUT2D eigenvalue weighted by molar-refractivity contribution is 5.77. The summed E-state index contributed by atoms with van der Waals surface area (Å²) in [5.41, 5.74) is -4.51. The normalized spacial score (nSPS) is 17.7. The number of pyridine rings is 2. The second-order valence-electron chi connectivity index (χ2n) is 12.8. The fourth-order valence-corrected chi connectivity index (χ4v) is 6.27. The monoisotopic (exact) mass is 723 g/mol. The van der Waals surface area contributed by atoms with Gasteiger partial charge in [0.15, 0.2) is 11.3 Å². The van der Waals surface area contributed by atoms with Crippen molar-refractivity contribution in [1.29, 1.82) is 0 Å². The molecule has 52 heavy (non-hydrogen) atoms. The number of H-pyrrole nitrogens is 1. The number of aromatic amines is 1. The van der Waals surface area contributed by atoms with Gasteiger partial charge in [0.05, 0.1) is 17.7 Å². The Bertz CT molecular complexity index is 2450. The molecule has 7 rings (SSSR count). The lowest BCUT2D eigenvalue weighted by atomic mass is 9.84. The van der Waals surface area contributed by atoms with Crippen molar-refractivity contribution in [3.05, 3.63) is 105 Å². The first-order valence-electron chi connectivity index (χ1n) is 15.5. The number of aromatic nitrogens is 6. The van der Waals surface area contributed by atoms with E-state index >= 15 is 8.78 Å². The van der Waals surface area contributed by atoms with Crippen molar-refractivity contribution in [2.24, 2.45) is 5.92 Å². The number of aliphatic hydroxyl groups is 1. The topological polar surface area (TPSA) is 130 Å². The van der Waals surface area contributed by atoms with Crippen LogP contribution in [0.5, 0.6) is 0 Å². The first kappa shape index (κ1) is 34.5. The Kier molecular flexibility index (Phi) is 8.02. The number of amides is 1. The van der Waals surface area contributed by atoms with Crippen molar-refractivity contribution in [3.8, 4) is 34.8 Å². The number of alkyl halides is 5. The van der Waals surface area contributed by atoms with Gasteiger partial charge in [-0.15, -0.1) is 0 Å². The van der Waals surface area contributed by atoms with Gasteiger partial charge in [0.2, 0.25) is 5.91 Å². The van der Waals surface area contributed by atoms with E-state index in [-0.39, 0.29) is 34.6 Å². The largest absolute Gasteiger partial charge is 0.435 e. The lowest BCUT2D eigenvalue weighted by Gasteiger charge is -2.24. The maximum Gasteiger partial charge on any atom is 0.435 e. The SMILES string of the molecule is CC(C)(O)C#Cc1ccc(-c2ccc3n[nH]c(=O)n3c2)c(C(Cc2cc(F)cc(F)c2)NC(=O)Cn2nc(C(F)(F)F)c3c2C(F)(F)C2C#CC32)n1. The molecule has 1 amide bonds. The minimum atomic E-state index is -5.13. The minimum absolute atomic E-state index is 0.00917. The molecule has 1 aromatic carbocycles. The van der Waals surface area contributed by atoms with Gasteiger partial charge in [-0.2, -0.15) is 32.1 Å². The summed E-state index contributed by atoms with van der Waals surface area (Å²) in [6.45, 7) is 1.74. The van der Waals surface area contributed by atoms with E-state index in [0.717, 1.165) is 12.1 Å². The third-order valence-electron chi connectivity index (χ3n) is 8.47. The van der Waals surface area contributed by atoms with Gasteiger partial charge in [-0.1, -0.05) is 17.8 Å². The van der Waals surface area contributed by atoms with E-state index < -0.39 is 82.3 Å². The van der Waals surface area contributed by atoms with Crippen LogP contribution in [0.4, 0.5) is 30.7 Å². The molecule has 10 nitrogen and oxygen atoms in total. The highest BCUT2D eigenvalue weighted by Crippen LogP contribution is 2.58. The predicted molar refractivity (Wildman–Crippen MR) is 168 cm³/mol. The summed E-state index contributed by atoms with van der Waals surface area (Å²) in [6, 6.07) is 7.34. The molecule has 0 spiro atoms. The average molecular weight is 724 g/mol. The third-order valence-corrected chi connectivity index (χ3v) is 8.47. The Labute approximate surface area is 288 Å². The van der Waals surface area contributed by atoms with Gasteiger partial charge >= 0.3 is 17.8 Å². The van der Waals surface area contributed by atoms with Crippen molar-refractivity contribution in [1.82, 2.24) is 34.7 Å². The molecule has 0 bridgehead atoms. The van der Waals surface area contributed by atoms with E-state index in [1.807, 2.05) is 0 Å². The molecule has 2 aliphatic carbocycles. The fourth-order valence-electron chi connectivity index (χ4n) is 6.27. The van der Waals surface area contributed by atoms with Crippen LogP contribution in [0.3, 0.4) is 0 Å². The van der Waals surface area contributed by atoms with Crippen LogP contribution >= 0.6 is 0 Å². The number of fused-ring (bicyclic) bond motifs is 4. The van der Waals surface area contributed by atoms with Gasteiger partial charge in [-0.05, 0) is 68.2 Å². The molecule has 0 radical (unpaired) electrons. The third kappa shape index (κ3) is 6.28. The van der Waals surface area contributed by atoms with Gasteiger partial charge in [0.1, 0.15) is 41.1 Å². The van der Waals surface area contributed by atoms with Crippen LogP contribution < -0.4 is 11.0 Å². The molecule has 0 fully saturated rings. The van der Waals surface area contributed by atoms with E-state index in [1.165, 1.54) is 42.6 Å². The summed E-state index contributed by atoms with van der Waals surface area (Å²) in [5, 5.41) is 22.3. The second-order valence-corrected chi connectivity index (χ2v) is 12.8.